The molecule has 0 saturated heterocycles. The van der Waals surface area contributed by atoms with Crippen molar-refractivity contribution in [1.29, 1.82) is 0 Å². The summed E-state index contributed by atoms with van der Waals surface area (Å²) in [5.74, 6) is -0.465. The minimum absolute atomic E-state index is 0.262. The third-order valence-corrected chi connectivity index (χ3v) is 7.54. The number of aromatic nitrogens is 2. The smallest absolute Gasteiger partial charge is 0.294 e. The standard InChI is InChI=1S/C24H22N4O8S2/c1-14(22-16(3)26-28(24(22)30)18-7-11-20(12-8-18)38(34,35)36)4-13-21-15(2)25-27(23(21)29)17-5-9-19(10-6-17)37(31,32)33/h4-13,26H,1-3H3,(H,31,32,33)(H,34,35,36)/b14-4-,21-13+. The van der Waals surface area contributed by atoms with E-state index in [9.17, 15) is 26.4 Å². The topological polar surface area (TPSA) is 179 Å². The van der Waals surface area contributed by atoms with Crippen LogP contribution in [-0.4, -0.2) is 47.3 Å². The van der Waals surface area contributed by atoms with Gasteiger partial charge in [0.05, 0.1) is 38.0 Å². The summed E-state index contributed by atoms with van der Waals surface area (Å²) in [5.41, 5.74) is 2.34. The highest BCUT2D eigenvalue weighted by Crippen LogP contribution is 2.26. The second kappa shape index (κ2) is 9.64. The van der Waals surface area contributed by atoms with Gasteiger partial charge in [-0.15, -0.1) is 0 Å². The molecule has 0 fully saturated rings. The van der Waals surface area contributed by atoms with Crippen molar-refractivity contribution < 1.29 is 30.7 Å². The average Bonchev–Trinajstić information content (AvgIpc) is 3.30. The first-order chi connectivity index (χ1) is 17.7. The largest absolute Gasteiger partial charge is 0.295 e. The van der Waals surface area contributed by atoms with E-state index in [1.165, 1.54) is 47.2 Å². The minimum atomic E-state index is -4.38. The molecule has 3 aromatic rings. The maximum Gasteiger partial charge on any atom is 0.294 e. The molecule has 1 aromatic heterocycles. The van der Waals surface area contributed by atoms with Crippen LogP contribution in [0.2, 0.25) is 0 Å². The van der Waals surface area contributed by atoms with Gasteiger partial charge in [-0.05, 0) is 81.0 Å². The van der Waals surface area contributed by atoms with Gasteiger partial charge in [-0.2, -0.15) is 26.9 Å². The zero-order valence-electron chi connectivity index (χ0n) is 20.3. The number of rotatable bonds is 6. The predicted octanol–water partition coefficient (Wildman–Crippen LogP) is 2.72. The van der Waals surface area contributed by atoms with Gasteiger partial charge in [0.1, 0.15) is 0 Å². The molecule has 14 heteroatoms. The van der Waals surface area contributed by atoms with Crippen LogP contribution in [-0.2, 0) is 25.0 Å². The number of carbonyl (C=O) groups is 1. The molecule has 0 radical (unpaired) electrons. The Morgan fingerprint density at radius 2 is 1.37 bits per heavy atom. The van der Waals surface area contributed by atoms with Crippen molar-refractivity contribution in [1.82, 2.24) is 9.78 Å². The quantitative estimate of drug-likeness (QED) is 0.305. The number of allylic oxidation sites excluding steroid dienone is 3. The number of nitrogens with zero attached hydrogens (tertiary/aromatic N) is 3. The molecule has 198 valence electrons. The van der Waals surface area contributed by atoms with E-state index in [-0.39, 0.29) is 15.4 Å². The Hall–Kier alpha value is -4.11. The molecule has 3 N–H and O–H groups in total. The second-order valence-corrected chi connectivity index (χ2v) is 11.3. The number of anilines is 1. The number of benzene rings is 2. The van der Waals surface area contributed by atoms with Crippen molar-refractivity contribution >= 4 is 43.1 Å². The summed E-state index contributed by atoms with van der Waals surface area (Å²) in [6.07, 6.45) is 3.13. The summed E-state index contributed by atoms with van der Waals surface area (Å²) < 4.78 is 64.6. The molecule has 0 atom stereocenters. The fraction of sp³-hybridized carbons (Fsp3) is 0.125. The highest BCUT2D eigenvalue weighted by Gasteiger charge is 2.28. The van der Waals surface area contributed by atoms with Crippen molar-refractivity contribution in [2.24, 2.45) is 5.10 Å². The average molecular weight is 559 g/mol. The normalized spacial score (nSPS) is 15.9. The number of aryl methyl sites for hydroxylation is 1. The summed E-state index contributed by atoms with van der Waals surface area (Å²) >= 11 is 0. The molecule has 1 aliphatic heterocycles. The lowest BCUT2D eigenvalue weighted by Crippen LogP contribution is -2.21. The molecule has 1 amide bonds. The van der Waals surface area contributed by atoms with Crippen LogP contribution in [0.3, 0.4) is 0 Å². The monoisotopic (exact) mass is 558 g/mol. The molecule has 1 aliphatic rings. The van der Waals surface area contributed by atoms with Gasteiger partial charge in [-0.25, -0.2) is 4.68 Å². The van der Waals surface area contributed by atoms with Gasteiger partial charge in [-0.1, -0.05) is 6.08 Å². The Morgan fingerprint density at radius 3 is 1.87 bits per heavy atom. The van der Waals surface area contributed by atoms with Gasteiger partial charge in [0.2, 0.25) is 0 Å². The van der Waals surface area contributed by atoms with Gasteiger partial charge in [0.15, 0.2) is 0 Å². The van der Waals surface area contributed by atoms with Crippen LogP contribution < -0.4 is 10.6 Å². The number of hydrogen-bond acceptors (Lipinski definition) is 7. The molecular weight excluding hydrogens is 536 g/mol. The number of hydrazone groups is 1. The molecule has 0 saturated carbocycles. The first-order valence-electron chi connectivity index (χ1n) is 10.9. The molecule has 2 heterocycles. The van der Waals surface area contributed by atoms with Gasteiger partial charge >= 0.3 is 0 Å². The predicted molar refractivity (Wildman–Crippen MR) is 140 cm³/mol. The maximum absolute atomic E-state index is 13.1. The lowest BCUT2D eigenvalue weighted by Gasteiger charge is -2.11. The Labute approximate surface area is 217 Å². The van der Waals surface area contributed by atoms with Gasteiger partial charge < -0.3 is 0 Å². The number of H-pyrrole nitrogens is 1. The highest BCUT2D eigenvalue weighted by molar-refractivity contribution is 7.86. The van der Waals surface area contributed by atoms with Gasteiger partial charge in [-0.3, -0.25) is 23.8 Å². The van der Waals surface area contributed by atoms with Crippen LogP contribution in [0, 0.1) is 6.92 Å². The van der Waals surface area contributed by atoms with Crippen molar-refractivity contribution in [2.45, 2.75) is 30.6 Å². The van der Waals surface area contributed by atoms with Gasteiger partial charge in [0.25, 0.3) is 31.7 Å². The Morgan fingerprint density at radius 1 is 0.868 bits per heavy atom. The first-order valence-corrected chi connectivity index (χ1v) is 13.8. The molecule has 12 nitrogen and oxygen atoms in total. The SMILES string of the molecule is CC1=NN(c2ccc(S(=O)(=O)O)cc2)C(=O)/C1=C/C=C(/C)c1c(C)[nH]n(-c2ccc(S(=O)(=O)O)cc2)c1=O. The van der Waals surface area contributed by atoms with E-state index in [1.807, 2.05) is 0 Å². The lowest BCUT2D eigenvalue weighted by molar-refractivity contribution is -0.114. The Kier molecular flexibility index (Phi) is 6.84. The van der Waals surface area contributed by atoms with E-state index < -0.39 is 31.7 Å². The summed E-state index contributed by atoms with van der Waals surface area (Å²) in [5, 5.41) is 8.25. The molecule has 4 rings (SSSR count). The van der Waals surface area contributed by atoms with Crippen molar-refractivity contribution in [3.8, 4) is 5.69 Å². The molecule has 0 bridgehead atoms. The van der Waals surface area contributed by atoms with Crippen LogP contribution in [0.5, 0.6) is 0 Å². The number of aromatic amines is 1. The number of carbonyl (C=O) groups excluding carboxylic acids is 1. The van der Waals surface area contributed by atoms with E-state index in [4.69, 9.17) is 9.11 Å². The molecule has 0 spiro atoms. The summed E-state index contributed by atoms with van der Waals surface area (Å²) in [4.78, 5) is 25.5. The third-order valence-electron chi connectivity index (χ3n) is 5.80. The number of hydrogen-bond donors (Lipinski definition) is 3. The lowest BCUT2D eigenvalue weighted by atomic mass is 10.1. The van der Waals surface area contributed by atoms with Crippen LogP contribution in [0.1, 0.15) is 25.1 Å². The zero-order chi connectivity index (χ0) is 28.0. The molecular formula is C24H22N4O8S2. The fourth-order valence-electron chi connectivity index (χ4n) is 3.90. The second-order valence-electron chi connectivity index (χ2n) is 8.42. The Bertz CT molecular complexity index is 1810. The highest BCUT2D eigenvalue weighted by atomic mass is 32.2. The summed E-state index contributed by atoms with van der Waals surface area (Å²) in [7, 11) is -8.75. The number of nitrogens with one attached hydrogen (secondary N) is 1. The van der Waals surface area contributed by atoms with E-state index in [0.29, 0.717) is 33.9 Å². The minimum Gasteiger partial charge on any atom is -0.295 e. The van der Waals surface area contributed by atoms with E-state index >= 15 is 0 Å². The van der Waals surface area contributed by atoms with E-state index in [1.54, 1.807) is 26.8 Å². The molecule has 38 heavy (non-hydrogen) atoms. The number of amides is 1. The van der Waals surface area contributed by atoms with Crippen LogP contribution in [0.15, 0.2) is 85.9 Å². The summed E-state index contributed by atoms with van der Waals surface area (Å²) in [6.45, 7) is 5.01. The van der Waals surface area contributed by atoms with Crippen molar-refractivity contribution in [2.75, 3.05) is 5.01 Å². The van der Waals surface area contributed by atoms with Crippen molar-refractivity contribution in [3.05, 3.63) is 87.9 Å². The maximum atomic E-state index is 13.1. The fourth-order valence-corrected chi connectivity index (χ4v) is 4.86. The van der Waals surface area contributed by atoms with Crippen LogP contribution in [0.25, 0.3) is 11.3 Å². The van der Waals surface area contributed by atoms with Crippen molar-refractivity contribution in [3.63, 3.8) is 0 Å². The first kappa shape index (κ1) is 26.9. The Balaban J connectivity index is 1.62. The van der Waals surface area contributed by atoms with E-state index in [2.05, 4.69) is 10.2 Å². The third kappa shape index (κ3) is 5.15. The molecule has 0 unspecified atom stereocenters. The summed E-state index contributed by atoms with van der Waals surface area (Å²) in [6, 6.07) is 10.1. The van der Waals surface area contributed by atoms with Gasteiger partial charge in [0, 0.05) is 5.69 Å². The van der Waals surface area contributed by atoms with E-state index in [0.717, 1.165) is 17.1 Å². The zero-order valence-corrected chi connectivity index (χ0v) is 21.9. The molecule has 2 aromatic carbocycles. The van der Waals surface area contributed by atoms with Crippen LogP contribution in [0.4, 0.5) is 5.69 Å². The van der Waals surface area contributed by atoms with Crippen LogP contribution >= 0.6 is 0 Å². The molecule has 0 aliphatic carbocycles.